The van der Waals surface area contributed by atoms with E-state index in [0.717, 1.165) is 0 Å². The van der Waals surface area contributed by atoms with E-state index >= 15 is 0 Å². The number of anilines is 1. The zero-order valence-electron chi connectivity index (χ0n) is 8.90. The van der Waals surface area contributed by atoms with E-state index in [0.29, 0.717) is 23.7 Å². The predicted octanol–water partition coefficient (Wildman–Crippen LogP) is 0.291. The second-order valence-electron chi connectivity index (χ2n) is 3.67. The Bertz CT molecular complexity index is 429. The van der Waals surface area contributed by atoms with Crippen LogP contribution >= 0.6 is 11.3 Å². The molecule has 6 heteroatoms. The van der Waals surface area contributed by atoms with Crippen LogP contribution < -0.4 is 11.1 Å². The largest absolute Gasteiger partial charge is 0.397 e. The second kappa shape index (κ2) is 4.13. The van der Waals surface area contributed by atoms with Gasteiger partial charge in [0.1, 0.15) is 10.9 Å². The molecule has 1 atom stereocenters. The molecule has 0 aliphatic carbocycles. The van der Waals surface area contributed by atoms with Gasteiger partial charge in [0, 0.05) is 13.1 Å². The van der Waals surface area contributed by atoms with Gasteiger partial charge in [0.05, 0.1) is 5.69 Å². The molecule has 0 radical (unpaired) electrons. The standard InChI is InChI=1S/C10H13N3O2S/c1-6-9(14)12-3-4-13(6)10(15)8-7(11)2-5-16-8/h2,5-6H,3-4,11H2,1H3,(H,12,14). The third-order valence-corrected chi connectivity index (χ3v) is 3.57. The molecule has 1 aromatic rings. The Labute approximate surface area is 97.2 Å². The number of hydrogen-bond acceptors (Lipinski definition) is 4. The highest BCUT2D eigenvalue weighted by molar-refractivity contribution is 7.12. The zero-order valence-corrected chi connectivity index (χ0v) is 9.71. The molecule has 2 amide bonds. The van der Waals surface area contributed by atoms with E-state index < -0.39 is 6.04 Å². The predicted molar refractivity (Wildman–Crippen MR) is 62.2 cm³/mol. The molecule has 3 N–H and O–H groups in total. The average molecular weight is 239 g/mol. The van der Waals surface area contributed by atoms with Gasteiger partial charge in [-0.2, -0.15) is 0 Å². The quantitative estimate of drug-likeness (QED) is 0.739. The van der Waals surface area contributed by atoms with Crippen molar-refractivity contribution in [2.45, 2.75) is 13.0 Å². The highest BCUT2D eigenvalue weighted by Gasteiger charge is 2.31. The molecule has 0 spiro atoms. The molecule has 1 fully saturated rings. The minimum absolute atomic E-state index is 0.116. The number of thiophene rings is 1. The first kappa shape index (κ1) is 10.9. The summed E-state index contributed by atoms with van der Waals surface area (Å²) in [5, 5.41) is 4.49. The molecule has 1 aromatic heterocycles. The van der Waals surface area contributed by atoms with Crippen LogP contribution in [0.3, 0.4) is 0 Å². The molecule has 5 nitrogen and oxygen atoms in total. The molecule has 1 saturated heterocycles. The van der Waals surface area contributed by atoms with Crippen LogP contribution in [-0.4, -0.2) is 35.8 Å². The smallest absolute Gasteiger partial charge is 0.266 e. The van der Waals surface area contributed by atoms with Crippen molar-refractivity contribution in [2.75, 3.05) is 18.8 Å². The maximum absolute atomic E-state index is 12.1. The summed E-state index contributed by atoms with van der Waals surface area (Å²) in [6.45, 7) is 2.75. The van der Waals surface area contributed by atoms with E-state index in [4.69, 9.17) is 5.73 Å². The summed E-state index contributed by atoms with van der Waals surface area (Å²) < 4.78 is 0. The second-order valence-corrected chi connectivity index (χ2v) is 4.59. The van der Waals surface area contributed by atoms with E-state index in [9.17, 15) is 9.59 Å². The van der Waals surface area contributed by atoms with Crippen LogP contribution in [0.15, 0.2) is 11.4 Å². The van der Waals surface area contributed by atoms with Crippen LogP contribution in [0, 0.1) is 0 Å². The van der Waals surface area contributed by atoms with E-state index in [2.05, 4.69) is 5.32 Å². The van der Waals surface area contributed by atoms with Gasteiger partial charge in [0.25, 0.3) is 5.91 Å². The number of nitrogen functional groups attached to an aromatic ring is 1. The van der Waals surface area contributed by atoms with Gasteiger partial charge in [-0.1, -0.05) is 0 Å². The van der Waals surface area contributed by atoms with Crippen molar-refractivity contribution in [1.29, 1.82) is 0 Å². The van der Waals surface area contributed by atoms with Crippen LogP contribution in [-0.2, 0) is 4.79 Å². The SMILES string of the molecule is CC1C(=O)NCCN1C(=O)c1sccc1N. The molecule has 2 heterocycles. The van der Waals surface area contributed by atoms with Gasteiger partial charge >= 0.3 is 0 Å². The summed E-state index contributed by atoms with van der Waals surface area (Å²) >= 11 is 1.31. The zero-order chi connectivity index (χ0) is 11.7. The first-order valence-corrected chi connectivity index (χ1v) is 5.91. The molecule has 2 rings (SSSR count). The monoisotopic (exact) mass is 239 g/mol. The normalized spacial score (nSPS) is 20.7. The number of carbonyl (C=O) groups excluding carboxylic acids is 2. The lowest BCUT2D eigenvalue weighted by atomic mass is 10.2. The number of rotatable bonds is 1. The van der Waals surface area contributed by atoms with E-state index in [1.165, 1.54) is 11.3 Å². The molecule has 0 bridgehead atoms. The van der Waals surface area contributed by atoms with Crippen molar-refractivity contribution >= 4 is 28.8 Å². The minimum Gasteiger partial charge on any atom is -0.397 e. The molecule has 1 aliphatic rings. The molecular weight excluding hydrogens is 226 g/mol. The van der Waals surface area contributed by atoms with E-state index in [1.807, 2.05) is 0 Å². The van der Waals surface area contributed by atoms with Crippen LogP contribution in [0.4, 0.5) is 5.69 Å². The first-order valence-electron chi connectivity index (χ1n) is 5.03. The first-order chi connectivity index (χ1) is 7.61. The van der Waals surface area contributed by atoms with Crippen LogP contribution in [0.5, 0.6) is 0 Å². The van der Waals surface area contributed by atoms with Gasteiger partial charge in [-0.3, -0.25) is 9.59 Å². The molecule has 1 aliphatic heterocycles. The average Bonchev–Trinajstić information content (AvgIpc) is 2.68. The lowest BCUT2D eigenvalue weighted by Gasteiger charge is -2.32. The summed E-state index contributed by atoms with van der Waals surface area (Å²) in [5.74, 6) is -0.274. The Hall–Kier alpha value is -1.56. The highest BCUT2D eigenvalue weighted by atomic mass is 32.1. The molecule has 16 heavy (non-hydrogen) atoms. The number of carbonyl (C=O) groups is 2. The molecule has 1 unspecified atom stereocenters. The number of piperazine rings is 1. The fraction of sp³-hybridized carbons (Fsp3) is 0.400. The Kier molecular flexibility index (Phi) is 2.82. The topological polar surface area (TPSA) is 75.4 Å². The lowest BCUT2D eigenvalue weighted by molar-refractivity contribution is -0.127. The maximum atomic E-state index is 12.1. The molecular formula is C10H13N3O2S. The van der Waals surface area contributed by atoms with Gasteiger partial charge in [-0.25, -0.2) is 0 Å². The number of hydrogen-bond donors (Lipinski definition) is 2. The third-order valence-electron chi connectivity index (χ3n) is 2.65. The van der Waals surface area contributed by atoms with Crippen molar-refractivity contribution < 1.29 is 9.59 Å². The molecule has 86 valence electrons. The van der Waals surface area contributed by atoms with E-state index in [1.54, 1.807) is 23.3 Å². The Morgan fingerprint density at radius 2 is 2.44 bits per heavy atom. The van der Waals surface area contributed by atoms with Gasteiger partial charge in [-0.05, 0) is 18.4 Å². The number of nitrogens with two attached hydrogens (primary N) is 1. The Morgan fingerprint density at radius 3 is 3.06 bits per heavy atom. The Balaban J connectivity index is 2.22. The number of nitrogens with zero attached hydrogens (tertiary/aromatic N) is 1. The summed E-state index contributed by atoms with van der Waals surface area (Å²) in [5.41, 5.74) is 6.17. The molecule has 0 saturated carbocycles. The van der Waals surface area contributed by atoms with Crippen LogP contribution in [0.2, 0.25) is 0 Å². The minimum atomic E-state index is -0.428. The third kappa shape index (κ3) is 1.76. The van der Waals surface area contributed by atoms with Crippen molar-refractivity contribution in [3.05, 3.63) is 16.3 Å². The van der Waals surface area contributed by atoms with Crippen LogP contribution in [0.1, 0.15) is 16.6 Å². The summed E-state index contributed by atoms with van der Waals surface area (Å²) in [7, 11) is 0. The van der Waals surface area contributed by atoms with Gasteiger partial charge in [0.2, 0.25) is 5.91 Å². The molecule has 0 aromatic carbocycles. The van der Waals surface area contributed by atoms with Crippen molar-refractivity contribution in [3.8, 4) is 0 Å². The summed E-state index contributed by atoms with van der Waals surface area (Å²) in [6, 6.07) is 1.27. The van der Waals surface area contributed by atoms with E-state index in [-0.39, 0.29) is 11.8 Å². The number of amides is 2. The van der Waals surface area contributed by atoms with Crippen molar-refractivity contribution in [2.24, 2.45) is 0 Å². The van der Waals surface area contributed by atoms with Crippen molar-refractivity contribution in [1.82, 2.24) is 10.2 Å². The maximum Gasteiger partial charge on any atom is 0.266 e. The number of nitrogens with one attached hydrogen (secondary N) is 1. The van der Waals surface area contributed by atoms with Crippen molar-refractivity contribution in [3.63, 3.8) is 0 Å². The van der Waals surface area contributed by atoms with Gasteiger partial charge < -0.3 is 16.0 Å². The summed E-state index contributed by atoms with van der Waals surface area (Å²) in [6.07, 6.45) is 0. The van der Waals surface area contributed by atoms with Crippen LogP contribution in [0.25, 0.3) is 0 Å². The Morgan fingerprint density at radius 1 is 1.69 bits per heavy atom. The fourth-order valence-electron chi connectivity index (χ4n) is 1.68. The van der Waals surface area contributed by atoms with Gasteiger partial charge in [-0.15, -0.1) is 11.3 Å². The summed E-state index contributed by atoms with van der Waals surface area (Å²) in [4.78, 5) is 25.6. The highest BCUT2D eigenvalue weighted by Crippen LogP contribution is 2.22. The van der Waals surface area contributed by atoms with Gasteiger partial charge in [0.15, 0.2) is 0 Å². The fourth-order valence-corrected chi connectivity index (χ4v) is 2.46. The lowest BCUT2D eigenvalue weighted by Crippen LogP contribution is -2.55.